The van der Waals surface area contributed by atoms with Crippen molar-refractivity contribution in [2.24, 2.45) is 0 Å². The van der Waals surface area contributed by atoms with Gasteiger partial charge in [0.05, 0.1) is 5.56 Å². The molecule has 0 saturated carbocycles. The van der Waals surface area contributed by atoms with Gasteiger partial charge in [-0.05, 0) is 30.3 Å². The summed E-state index contributed by atoms with van der Waals surface area (Å²) in [6, 6.07) is 9.61. The molecule has 0 aliphatic rings. The molecule has 3 aromatic rings. The minimum Gasteiger partial charge on any atom is -0.436 e. The van der Waals surface area contributed by atoms with Gasteiger partial charge >= 0.3 is 12.1 Å². The molecule has 118 valence electrons. The van der Waals surface area contributed by atoms with Crippen LogP contribution in [0.1, 0.15) is 0 Å². The van der Waals surface area contributed by atoms with Crippen LogP contribution in [0, 0.1) is 5.82 Å². The summed E-state index contributed by atoms with van der Waals surface area (Å²) in [5.41, 5.74) is 0.495. The van der Waals surface area contributed by atoms with Gasteiger partial charge in [0, 0.05) is 5.69 Å². The lowest BCUT2D eigenvalue weighted by Gasteiger charge is -2.07. The van der Waals surface area contributed by atoms with Gasteiger partial charge < -0.3 is 9.73 Å². The zero-order chi connectivity index (χ0) is 16.6. The molecule has 0 spiro atoms. The van der Waals surface area contributed by atoms with Crippen molar-refractivity contribution < 1.29 is 26.8 Å². The third-order valence-corrected chi connectivity index (χ3v) is 3.01. The number of alkyl halides is 3. The highest BCUT2D eigenvalue weighted by molar-refractivity contribution is 5.96. The zero-order valence-corrected chi connectivity index (χ0v) is 11.3. The van der Waals surface area contributed by atoms with Gasteiger partial charge in [-0.2, -0.15) is 13.2 Å². The number of anilines is 1. The van der Waals surface area contributed by atoms with E-state index in [0.29, 0.717) is 0 Å². The maximum absolute atomic E-state index is 13.7. The van der Waals surface area contributed by atoms with Crippen LogP contribution in [-0.4, -0.2) is 17.1 Å². The molecular formula is C15H8F4N2O2. The molecule has 0 unspecified atom stereocenters. The first-order chi connectivity index (χ1) is 10.8. The number of nitrogens with one attached hydrogen (secondary N) is 1. The number of hydrogen-bond donors (Lipinski definition) is 1. The van der Waals surface area contributed by atoms with Crippen molar-refractivity contribution in [3.05, 3.63) is 48.3 Å². The van der Waals surface area contributed by atoms with Crippen LogP contribution in [0.2, 0.25) is 0 Å². The fourth-order valence-corrected chi connectivity index (χ4v) is 1.96. The number of oxazole rings is 1. The molecule has 1 N–H and O–H groups in total. The summed E-state index contributed by atoms with van der Waals surface area (Å²) in [6.07, 6.45) is -4.99. The summed E-state index contributed by atoms with van der Waals surface area (Å²) in [6.45, 7) is 0. The largest absolute Gasteiger partial charge is 0.471 e. The molecule has 2 aromatic carbocycles. The number of hydrogen-bond acceptors (Lipinski definition) is 3. The summed E-state index contributed by atoms with van der Waals surface area (Å²) in [5.74, 6) is -2.63. The molecule has 3 rings (SSSR count). The molecule has 0 atom stereocenters. The Kier molecular flexibility index (Phi) is 3.51. The number of nitrogens with zero attached hydrogens (tertiary/aromatic N) is 1. The number of carbonyl (C=O) groups excluding carboxylic acids is 1. The van der Waals surface area contributed by atoms with Crippen LogP contribution in [0.25, 0.3) is 22.6 Å². The lowest BCUT2D eigenvalue weighted by molar-refractivity contribution is -0.167. The monoisotopic (exact) mass is 324 g/mol. The van der Waals surface area contributed by atoms with Crippen molar-refractivity contribution in [2.45, 2.75) is 6.18 Å². The molecule has 4 nitrogen and oxygen atoms in total. The number of amides is 1. The molecular weight excluding hydrogens is 316 g/mol. The molecule has 1 amide bonds. The normalized spacial score (nSPS) is 11.7. The van der Waals surface area contributed by atoms with E-state index in [1.54, 1.807) is 11.4 Å². The summed E-state index contributed by atoms with van der Waals surface area (Å²) >= 11 is 0. The van der Waals surface area contributed by atoms with Crippen LogP contribution in [0.15, 0.2) is 46.9 Å². The Balaban J connectivity index is 1.96. The van der Waals surface area contributed by atoms with Gasteiger partial charge in [-0.1, -0.05) is 12.1 Å². The van der Waals surface area contributed by atoms with E-state index >= 15 is 0 Å². The van der Waals surface area contributed by atoms with Crippen molar-refractivity contribution in [1.29, 1.82) is 0 Å². The lowest BCUT2D eigenvalue weighted by atomic mass is 10.2. The average Bonchev–Trinajstić information content (AvgIpc) is 2.89. The Morgan fingerprint density at radius 3 is 2.57 bits per heavy atom. The first-order valence-electron chi connectivity index (χ1n) is 6.38. The maximum atomic E-state index is 13.7. The van der Waals surface area contributed by atoms with Crippen LogP contribution < -0.4 is 5.32 Å². The van der Waals surface area contributed by atoms with Crippen molar-refractivity contribution in [2.75, 3.05) is 5.32 Å². The molecule has 0 aliphatic heterocycles. The van der Waals surface area contributed by atoms with Crippen molar-refractivity contribution in [3.63, 3.8) is 0 Å². The highest BCUT2D eigenvalue weighted by Crippen LogP contribution is 2.28. The predicted molar refractivity (Wildman–Crippen MR) is 74.1 cm³/mol. The number of fused-ring (bicyclic) bond motifs is 1. The average molecular weight is 324 g/mol. The van der Waals surface area contributed by atoms with E-state index in [0.717, 1.165) is 0 Å². The summed E-state index contributed by atoms with van der Waals surface area (Å²) < 4.78 is 55.8. The Bertz CT molecular complexity index is 887. The minimum absolute atomic E-state index is 0.00241. The summed E-state index contributed by atoms with van der Waals surface area (Å²) in [5, 5.41) is 1.71. The van der Waals surface area contributed by atoms with Gasteiger partial charge in [0.1, 0.15) is 11.3 Å². The van der Waals surface area contributed by atoms with E-state index in [1.165, 1.54) is 36.4 Å². The Hall–Kier alpha value is -2.90. The fraction of sp³-hybridized carbons (Fsp3) is 0.0667. The second kappa shape index (κ2) is 5.38. The Morgan fingerprint density at radius 2 is 1.87 bits per heavy atom. The van der Waals surface area contributed by atoms with Crippen LogP contribution >= 0.6 is 0 Å². The van der Waals surface area contributed by atoms with Gasteiger partial charge in [0.2, 0.25) is 5.89 Å². The third kappa shape index (κ3) is 3.01. The highest BCUT2D eigenvalue weighted by atomic mass is 19.4. The Labute approximate surface area is 126 Å². The van der Waals surface area contributed by atoms with Gasteiger partial charge in [-0.15, -0.1) is 0 Å². The number of benzene rings is 2. The second-order valence-electron chi connectivity index (χ2n) is 4.63. The van der Waals surface area contributed by atoms with Crippen LogP contribution in [0.3, 0.4) is 0 Å². The van der Waals surface area contributed by atoms with Crippen LogP contribution in [0.4, 0.5) is 23.2 Å². The zero-order valence-electron chi connectivity index (χ0n) is 11.3. The highest BCUT2D eigenvalue weighted by Gasteiger charge is 2.38. The van der Waals surface area contributed by atoms with E-state index in [4.69, 9.17) is 4.42 Å². The van der Waals surface area contributed by atoms with E-state index < -0.39 is 17.9 Å². The third-order valence-electron chi connectivity index (χ3n) is 3.01. The van der Waals surface area contributed by atoms with Crippen molar-refractivity contribution >= 4 is 22.7 Å². The predicted octanol–water partition coefficient (Wildman–Crippen LogP) is 4.13. The topological polar surface area (TPSA) is 55.1 Å². The smallest absolute Gasteiger partial charge is 0.436 e. The van der Waals surface area contributed by atoms with E-state index in [1.807, 2.05) is 0 Å². The van der Waals surface area contributed by atoms with Gasteiger partial charge in [0.15, 0.2) is 5.58 Å². The molecule has 1 heterocycles. The SMILES string of the molecule is O=C(Nc1ccc2oc(-c3ccccc3F)nc2c1)C(F)(F)F. The maximum Gasteiger partial charge on any atom is 0.471 e. The summed E-state index contributed by atoms with van der Waals surface area (Å²) in [4.78, 5) is 14.9. The van der Waals surface area contributed by atoms with Crippen molar-refractivity contribution in [3.8, 4) is 11.5 Å². The number of aromatic nitrogens is 1. The van der Waals surface area contributed by atoms with Gasteiger partial charge in [0.25, 0.3) is 0 Å². The first kappa shape index (κ1) is 15.0. The van der Waals surface area contributed by atoms with Gasteiger partial charge in [-0.3, -0.25) is 4.79 Å². The number of halogens is 4. The molecule has 0 bridgehead atoms. The van der Waals surface area contributed by atoms with Crippen LogP contribution in [0.5, 0.6) is 0 Å². The second-order valence-corrected chi connectivity index (χ2v) is 4.63. The molecule has 1 aromatic heterocycles. The molecule has 8 heteroatoms. The minimum atomic E-state index is -4.99. The fourth-order valence-electron chi connectivity index (χ4n) is 1.96. The van der Waals surface area contributed by atoms with E-state index in [2.05, 4.69) is 4.98 Å². The molecule has 23 heavy (non-hydrogen) atoms. The van der Waals surface area contributed by atoms with Gasteiger partial charge in [-0.25, -0.2) is 9.37 Å². The van der Waals surface area contributed by atoms with Crippen molar-refractivity contribution in [1.82, 2.24) is 4.98 Å². The lowest BCUT2D eigenvalue weighted by Crippen LogP contribution is -2.29. The molecule has 0 radical (unpaired) electrons. The Morgan fingerprint density at radius 1 is 1.13 bits per heavy atom. The number of rotatable bonds is 2. The van der Waals surface area contributed by atoms with E-state index in [-0.39, 0.29) is 28.2 Å². The summed E-state index contributed by atoms with van der Waals surface area (Å²) in [7, 11) is 0. The van der Waals surface area contributed by atoms with Crippen LogP contribution in [-0.2, 0) is 4.79 Å². The number of carbonyl (C=O) groups is 1. The molecule has 0 fully saturated rings. The molecule has 0 aliphatic carbocycles. The quantitative estimate of drug-likeness (QED) is 0.721. The first-order valence-corrected chi connectivity index (χ1v) is 6.38. The molecule has 0 saturated heterocycles. The standard InChI is InChI=1S/C15H8F4N2O2/c16-10-4-2-1-3-9(10)13-21-11-7-8(5-6-12(11)23-13)20-14(22)15(17,18)19/h1-7H,(H,20,22). The van der Waals surface area contributed by atoms with E-state index in [9.17, 15) is 22.4 Å².